The summed E-state index contributed by atoms with van der Waals surface area (Å²) in [5.41, 5.74) is 9.28. The van der Waals surface area contributed by atoms with E-state index >= 15 is 0 Å². The van der Waals surface area contributed by atoms with Crippen molar-refractivity contribution < 1.29 is 0 Å². The molecule has 0 amide bonds. The van der Waals surface area contributed by atoms with E-state index in [1.165, 1.54) is 43.4 Å². The van der Waals surface area contributed by atoms with E-state index in [4.69, 9.17) is 5.73 Å². The van der Waals surface area contributed by atoms with E-state index in [1.807, 2.05) is 0 Å². The lowest BCUT2D eigenvalue weighted by Crippen LogP contribution is -2.52. The largest absolute Gasteiger partial charge is 0.369 e. The molecule has 1 saturated carbocycles. The summed E-state index contributed by atoms with van der Waals surface area (Å²) in [5, 5.41) is 0. The molecule has 1 unspecified atom stereocenters. The van der Waals surface area contributed by atoms with Gasteiger partial charge in [0.25, 0.3) is 0 Å². The van der Waals surface area contributed by atoms with E-state index in [2.05, 4.69) is 54.9 Å². The van der Waals surface area contributed by atoms with Crippen molar-refractivity contribution in [2.24, 2.45) is 16.1 Å². The van der Waals surface area contributed by atoms with Gasteiger partial charge < -0.3 is 10.6 Å². The highest BCUT2D eigenvalue weighted by Gasteiger charge is 2.45. The average molecular weight is 285 g/mol. The highest BCUT2D eigenvalue weighted by atomic mass is 15.4. The molecular formula is C18H27N3. The van der Waals surface area contributed by atoms with Crippen molar-refractivity contribution in [1.82, 2.24) is 0 Å². The van der Waals surface area contributed by atoms with Crippen molar-refractivity contribution in [2.45, 2.75) is 58.4 Å². The second kappa shape index (κ2) is 5.04. The van der Waals surface area contributed by atoms with Crippen molar-refractivity contribution in [3.8, 4) is 0 Å². The molecule has 3 heteroatoms. The first kappa shape index (κ1) is 14.4. The normalized spacial score (nSPS) is 28.5. The van der Waals surface area contributed by atoms with E-state index in [1.54, 1.807) is 0 Å². The maximum atomic E-state index is 6.26. The van der Waals surface area contributed by atoms with Gasteiger partial charge in [0.15, 0.2) is 5.96 Å². The standard InChI is InChI=1S/C18H27N3/c1-14-6-4-7-15(12-14)21-16(19)20-13-18(21)9-5-8-17(2,3)10-11-18/h4,6-7,12H,5,8-11,13H2,1-3H3,(H2,19,20). The number of guanidine groups is 1. The molecule has 1 spiro atoms. The zero-order valence-electron chi connectivity index (χ0n) is 13.5. The molecule has 1 heterocycles. The molecule has 21 heavy (non-hydrogen) atoms. The third-order valence-corrected chi connectivity index (χ3v) is 5.26. The van der Waals surface area contributed by atoms with Crippen molar-refractivity contribution >= 4 is 11.6 Å². The van der Waals surface area contributed by atoms with E-state index in [-0.39, 0.29) is 5.54 Å². The lowest BCUT2D eigenvalue weighted by molar-refractivity contribution is 0.302. The summed E-state index contributed by atoms with van der Waals surface area (Å²) in [7, 11) is 0. The van der Waals surface area contributed by atoms with Crippen LogP contribution in [0.2, 0.25) is 0 Å². The number of aryl methyl sites for hydroxylation is 1. The molecule has 0 aromatic heterocycles. The highest BCUT2D eigenvalue weighted by molar-refractivity contribution is 5.98. The Bertz CT molecular complexity index is 561. The number of benzene rings is 1. The number of anilines is 1. The third-order valence-electron chi connectivity index (χ3n) is 5.26. The maximum Gasteiger partial charge on any atom is 0.196 e. The molecule has 114 valence electrons. The van der Waals surface area contributed by atoms with Crippen LogP contribution < -0.4 is 10.6 Å². The lowest BCUT2D eigenvalue weighted by atomic mass is 9.83. The molecule has 1 aliphatic heterocycles. The molecule has 1 aliphatic carbocycles. The minimum Gasteiger partial charge on any atom is -0.369 e. The van der Waals surface area contributed by atoms with Gasteiger partial charge >= 0.3 is 0 Å². The summed E-state index contributed by atoms with van der Waals surface area (Å²) in [6.45, 7) is 7.77. The number of rotatable bonds is 1. The minimum absolute atomic E-state index is 0.103. The van der Waals surface area contributed by atoms with Gasteiger partial charge in [0.05, 0.1) is 12.1 Å². The van der Waals surface area contributed by atoms with E-state index in [9.17, 15) is 0 Å². The van der Waals surface area contributed by atoms with Gasteiger partial charge in [0.2, 0.25) is 0 Å². The van der Waals surface area contributed by atoms with Gasteiger partial charge in [0.1, 0.15) is 0 Å². The van der Waals surface area contributed by atoms with Crippen LogP contribution in [-0.4, -0.2) is 18.0 Å². The SMILES string of the molecule is Cc1cccc(N2C(N)=NCC23CCCC(C)(C)CC3)c1. The number of nitrogens with two attached hydrogens (primary N) is 1. The second-order valence-electron chi connectivity index (χ2n) is 7.59. The fraction of sp³-hybridized carbons (Fsp3) is 0.611. The first-order valence-corrected chi connectivity index (χ1v) is 8.09. The summed E-state index contributed by atoms with van der Waals surface area (Å²) in [5.74, 6) is 0.695. The third kappa shape index (κ3) is 2.66. The summed E-state index contributed by atoms with van der Waals surface area (Å²) in [6, 6.07) is 8.64. The minimum atomic E-state index is 0.103. The molecule has 1 aromatic rings. The fourth-order valence-electron chi connectivity index (χ4n) is 3.88. The van der Waals surface area contributed by atoms with Gasteiger partial charge in [0, 0.05) is 5.69 Å². The molecule has 0 radical (unpaired) electrons. The molecule has 0 bridgehead atoms. The molecule has 1 aromatic carbocycles. The molecule has 0 saturated heterocycles. The molecule has 3 nitrogen and oxygen atoms in total. The van der Waals surface area contributed by atoms with Gasteiger partial charge in [-0.25, -0.2) is 0 Å². The quantitative estimate of drug-likeness (QED) is 0.851. The smallest absolute Gasteiger partial charge is 0.196 e. The topological polar surface area (TPSA) is 41.6 Å². The predicted octanol–water partition coefficient (Wildman–Crippen LogP) is 3.86. The lowest BCUT2D eigenvalue weighted by Gasteiger charge is -2.39. The number of nitrogens with zero attached hydrogens (tertiary/aromatic N) is 2. The number of hydrogen-bond donors (Lipinski definition) is 1. The van der Waals surface area contributed by atoms with Crippen molar-refractivity contribution in [1.29, 1.82) is 0 Å². The first-order valence-electron chi connectivity index (χ1n) is 8.09. The molecule has 3 rings (SSSR count). The number of aliphatic imine (C=N–C) groups is 1. The molecular weight excluding hydrogens is 258 g/mol. The molecule has 1 atom stereocenters. The predicted molar refractivity (Wildman–Crippen MR) is 89.7 cm³/mol. The summed E-state index contributed by atoms with van der Waals surface area (Å²) in [6.07, 6.45) is 6.18. The van der Waals surface area contributed by atoms with Crippen LogP contribution in [0.4, 0.5) is 5.69 Å². The maximum absolute atomic E-state index is 6.26. The van der Waals surface area contributed by atoms with Crippen LogP contribution in [-0.2, 0) is 0 Å². The van der Waals surface area contributed by atoms with Crippen LogP contribution in [0.1, 0.15) is 51.5 Å². The molecule has 2 aliphatic rings. The fourth-order valence-corrected chi connectivity index (χ4v) is 3.88. The van der Waals surface area contributed by atoms with Gasteiger partial charge in [-0.15, -0.1) is 0 Å². The van der Waals surface area contributed by atoms with Crippen LogP contribution in [0.15, 0.2) is 29.3 Å². The van der Waals surface area contributed by atoms with Crippen LogP contribution in [0.3, 0.4) is 0 Å². The summed E-state index contributed by atoms with van der Waals surface area (Å²) >= 11 is 0. The monoisotopic (exact) mass is 285 g/mol. The van der Waals surface area contributed by atoms with Gasteiger partial charge in [-0.05, 0) is 55.7 Å². The van der Waals surface area contributed by atoms with Gasteiger partial charge in [-0.1, -0.05) is 32.4 Å². The Kier molecular flexibility index (Phi) is 3.46. The molecule has 1 fully saturated rings. The Hall–Kier alpha value is -1.51. The van der Waals surface area contributed by atoms with E-state index in [0.29, 0.717) is 11.4 Å². The first-order chi connectivity index (χ1) is 9.92. The van der Waals surface area contributed by atoms with Crippen molar-refractivity contribution in [2.75, 3.05) is 11.4 Å². The highest BCUT2D eigenvalue weighted by Crippen LogP contribution is 2.44. The zero-order valence-corrected chi connectivity index (χ0v) is 13.5. The Morgan fingerprint density at radius 3 is 2.71 bits per heavy atom. The average Bonchev–Trinajstić information content (AvgIpc) is 2.65. The summed E-state index contributed by atoms with van der Waals surface area (Å²) in [4.78, 5) is 6.93. The second-order valence-corrected chi connectivity index (χ2v) is 7.59. The van der Waals surface area contributed by atoms with Crippen molar-refractivity contribution in [3.63, 3.8) is 0 Å². The zero-order chi connectivity index (χ0) is 15.1. The van der Waals surface area contributed by atoms with Gasteiger partial charge in [-0.2, -0.15) is 0 Å². The number of hydrogen-bond acceptors (Lipinski definition) is 3. The Balaban J connectivity index is 1.95. The Labute approximate surface area is 128 Å². The van der Waals surface area contributed by atoms with Crippen LogP contribution >= 0.6 is 0 Å². The van der Waals surface area contributed by atoms with Crippen LogP contribution in [0.5, 0.6) is 0 Å². The Morgan fingerprint density at radius 2 is 1.95 bits per heavy atom. The van der Waals surface area contributed by atoms with E-state index in [0.717, 1.165) is 6.54 Å². The van der Waals surface area contributed by atoms with Gasteiger partial charge in [-0.3, -0.25) is 4.99 Å². The van der Waals surface area contributed by atoms with Crippen molar-refractivity contribution in [3.05, 3.63) is 29.8 Å². The van der Waals surface area contributed by atoms with Crippen LogP contribution in [0.25, 0.3) is 0 Å². The van der Waals surface area contributed by atoms with E-state index < -0.39 is 0 Å². The Morgan fingerprint density at radius 1 is 1.14 bits per heavy atom. The molecule has 2 N–H and O–H groups in total. The summed E-state index contributed by atoms with van der Waals surface area (Å²) < 4.78 is 0. The van der Waals surface area contributed by atoms with Crippen LogP contribution in [0, 0.1) is 12.3 Å².